The second-order valence-corrected chi connectivity index (χ2v) is 4.32. The Morgan fingerprint density at radius 2 is 2.06 bits per heavy atom. The van der Waals surface area contributed by atoms with Gasteiger partial charge in [0.2, 0.25) is 17.8 Å². The number of nitrogens with zero attached hydrogens (tertiary/aromatic N) is 3. The van der Waals surface area contributed by atoms with Crippen LogP contribution in [0, 0.1) is 5.41 Å². The van der Waals surface area contributed by atoms with E-state index in [9.17, 15) is 4.79 Å². The van der Waals surface area contributed by atoms with Crippen molar-refractivity contribution in [2.45, 2.75) is 13.8 Å². The number of anilines is 2. The highest BCUT2D eigenvalue weighted by Gasteiger charge is 2.26. The van der Waals surface area contributed by atoms with Crippen LogP contribution < -0.4 is 21.1 Å². The molecule has 8 heteroatoms. The fourth-order valence-corrected chi connectivity index (χ4v) is 1.26. The fourth-order valence-electron chi connectivity index (χ4n) is 1.26. The van der Waals surface area contributed by atoms with Crippen molar-refractivity contribution in [2.75, 3.05) is 31.8 Å². The second kappa shape index (κ2) is 5.48. The summed E-state index contributed by atoms with van der Waals surface area (Å²) in [6, 6.07) is 0.128. The zero-order valence-electron chi connectivity index (χ0n) is 10.9. The van der Waals surface area contributed by atoms with E-state index in [1.165, 1.54) is 7.11 Å². The number of aromatic nitrogens is 3. The number of hydrogen-bond donors (Lipinski definition) is 3. The summed E-state index contributed by atoms with van der Waals surface area (Å²) in [7, 11) is 3.03. The van der Waals surface area contributed by atoms with Crippen molar-refractivity contribution in [3.8, 4) is 6.01 Å². The second-order valence-electron chi connectivity index (χ2n) is 4.32. The van der Waals surface area contributed by atoms with E-state index in [1.54, 1.807) is 20.9 Å². The SMILES string of the molecule is CNC(=O)C(C)(C)CNc1nc(N)nc(OC)n1. The summed E-state index contributed by atoms with van der Waals surface area (Å²) in [6.07, 6.45) is 0. The lowest BCUT2D eigenvalue weighted by atomic mass is 9.92. The highest BCUT2D eigenvalue weighted by molar-refractivity contribution is 5.82. The zero-order chi connectivity index (χ0) is 13.8. The first kappa shape index (κ1) is 13.9. The zero-order valence-corrected chi connectivity index (χ0v) is 10.9. The lowest BCUT2D eigenvalue weighted by Gasteiger charge is -2.22. The van der Waals surface area contributed by atoms with Gasteiger partial charge in [0.1, 0.15) is 0 Å². The maximum Gasteiger partial charge on any atom is 0.322 e. The summed E-state index contributed by atoms with van der Waals surface area (Å²) >= 11 is 0. The van der Waals surface area contributed by atoms with Crippen molar-refractivity contribution in [2.24, 2.45) is 5.41 Å². The molecule has 0 fully saturated rings. The number of methoxy groups -OCH3 is 1. The molecule has 8 nitrogen and oxygen atoms in total. The van der Waals surface area contributed by atoms with E-state index in [0.717, 1.165) is 0 Å². The molecule has 0 atom stereocenters. The maximum atomic E-state index is 11.6. The molecule has 0 aliphatic rings. The molecule has 1 rings (SSSR count). The molecule has 1 heterocycles. The van der Waals surface area contributed by atoms with E-state index < -0.39 is 5.41 Å². The predicted molar refractivity (Wildman–Crippen MR) is 67.1 cm³/mol. The van der Waals surface area contributed by atoms with Crippen molar-refractivity contribution in [1.29, 1.82) is 0 Å². The minimum atomic E-state index is -0.594. The van der Waals surface area contributed by atoms with Gasteiger partial charge in [-0.15, -0.1) is 0 Å². The van der Waals surface area contributed by atoms with Crippen LogP contribution in [0.2, 0.25) is 0 Å². The molecule has 0 aliphatic heterocycles. The summed E-state index contributed by atoms with van der Waals surface area (Å²) in [5, 5.41) is 5.53. The normalized spacial score (nSPS) is 10.9. The van der Waals surface area contributed by atoms with Crippen LogP contribution in [0.1, 0.15) is 13.8 Å². The average molecular weight is 254 g/mol. The van der Waals surface area contributed by atoms with E-state index in [4.69, 9.17) is 10.5 Å². The molecular weight excluding hydrogens is 236 g/mol. The van der Waals surface area contributed by atoms with E-state index in [-0.39, 0.29) is 23.8 Å². The Hall–Kier alpha value is -2.12. The van der Waals surface area contributed by atoms with Crippen LogP contribution in [0.15, 0.2) is 0 Å². The van der Waals surface area contributed by atoms with Gasteiger partial charge in [0.05, 0.1) is 12.5 Å². The van der Waals surface area contributed by atoms with Gasteiger partial charge in [-0.2, -0.15) is 15.0 Å². The van der Waals surface area contributed by atoms with E-state index in [1.807, 2.05) is 0 Å². The Morgan fingerprint density at radius 3 is 2.61 bits per heavy atom. The quantitative estimate of drug-likeness (QED) is 0.657. The molecule has 0 unspecified atom stereocenters. The van der Waals surface area contributed by atoms with Gasteiger partial charge in [-0.1, -0.05) is 0 Å². The van der Waals surface area contributed by atoms with Crippen LogP contribution >= 0.6 is 0 Å². The largest absolute Gasteiger partial charge is 0.467 e. The molecule has 1 amide bonds. The highest BCUT2D eigenvalue weighted by atomic mass is 16.5. The Labute approximate surface area is 105 Å². The first-order valence-electron chi connectivity index (χ1n) is 5.40. The Morgan fingerprint density at radius 1 is 1.39 bits per heavy atom. The van der Waals surface area contributed by atoms with Crippen molar-refractivity contribution in [3.63, 3.8) is 0 Å². The number of nitrogens with one attached hydrogen (secondary N) is 2. The van der Waals surface area contributed by atoms with Gasteiger partial charge in [-0.05, 0) is 13.8 Å². The van der Waals surface area contributed by atoms with Crippen LogP contribution in [0.4, 0.5) is 11.9 Å². The number of hydrogen-bond acceptors (Lipinski definition) is 7. The monoisotopic (exact) mass is 254 g/mol. The molecule has 0 saturated heterocycles. The van der Waals surface area contributed by atoms with Gasteiger partial charge in [-0.3, -0.25) is 4.79 Å². The summed E-state index contributed by atoms with van der Waals surface area (Å²) in [4.78, 5) is 23.2. The molecule has 4 N–H and O–H groups in total. The molecular formula is C10H18N6O2. The molecule has 1 aromatic rings. The summed E-state index contributed by atoms with van der Waals surface area (Å²) in [6.45, 7) is 3.97. The van der Waals surface area contributed by atoms with Gasteiger partial charge >= 0.3 is 6.01 Å². The number of carbonyl (C=O) groups excluding carboxylic acids is 1. The average Bonchev–Trinajstić information content (AvgIpc) is 2.34. The Balaban J connectivity index is 2.74. The van der Waals surface area contributed by atoms with Gasteiger partial charge in [-0.25, -0.2) is 0 Å². The molecule has 0 bridgehead atoms. The van der Waals surface area contributed by atoms with Crippen LogP contribution in [0.5, 0.6) is 6.01 Å². The maximum absolute atomic E-state index is 11.6. The van der Waals surface area contributed by atoms with E-state index >= 15 is 0 Å². The minimum absolute atomic E-state index is 0.0575. The van der Waals surface area contributed by atoms with Gasteiger partial charge < -0.3 is 21.1 Å². The standard InChI is InChI=1S/C10H18N6O2/c1-10(2,6(17)12-3)5-13-8-14-7(11)15-9(16-8)18-4/h5H2,1-4H3,(H,12,17)(H3,11,13,14,15,16). The topological polar surface area (TPSA) is 115 Å². The lowest BCUT2D eigenvalue weighted by Crippen LogP contribution is -2.39. The van der Waals surface area contributed by atoms with Crippen molar-refractivity contribution >= 4 is 17.8 Å². The molecule has 0 aliphatic carbocycles. The van der Waals surface area contributed by atoms with Gasteiger partial charge in [0.15, 0.2) is 0 Å². The summed E-state index contributed by atoms with van der Waals surface area (Å²) in [5.74, 6) is 0.252. The number of amides is 1. The fraction of sp³-hybridized carbons (Fsp3) is 0.600. The lowest BCUT2D eigenvalue weighted by molar-refractivity contribution is -0.128. The van der Waals surface area contributed by atoms with Gasteiger partial charge in [0.25, 0.3) is 0 Å². The molecule has 100 valence electrons. The third-order valence-corrected chi connectivity index (χ3v) is 2.34. The number of nitrogens with two attached hydrogens (primary N) is 1. The van der Waals surface area contributed by atoms with Gasteiger partial charge in [0, 0.05) is 13.6 Å². The van der Waals surface area contributed by atoms with E-state index in [0.29, 0.717) is 6.54 Å². The van der Waals surface area contributed by atoms with Crippen LogP contribution in [0.25, 0.3) is 0 Å². The summed E-state index contributed by atoms with van der Waals surface area (Å²) < 4.78 is 4.87. The van der Waals surface area contributed by atoms with Crippen LogP contribution in [0.3, 0.4) is 0 Å². The number of ether oxygens (including phenoxy) is 1. The molecule has 1 aromatic heterocycles. The number of carbonyl (C=O) groups is 1. The highest BCUT2D eigenvalue weighted by Crippen LogP contribution is 2.16. The third kappa shape index (κ3) is 3.44. The van der Waals surface area contributed by atoms with Crippen molar-refractivity contribution < 1.29 is 9.53 Å². The summed E-state index contributed by atoms with van der Waals surface area (Å²) in [5.41, 5.74) is 4.90. The number of nitrogen functional groups attached to an aromatic ring is 1. The number of rotatable bonds is 5. The smallest absolute Gasteiger partial charge is 0.322 e. The predicted octanol–water partition coefficient (Wildman–Crippen LogP) is -0.353. The first-order chi connectivity index (χ1) is 8.39. The third-order valence-electron chi connectivity index (χ3n) is 2.34. The molecule has 0 spiro atoms. The minimum Gasteiger partial charge on any atom is -0.467 e. The Kier molecular flexibility index (Phi) is 4.24. The molecule has 0 aromatic carbocycles. The van der Waals surface area contributed by atoms with Crippen LogP contribution in [-0.4, -0.2) is 41.6 Å². The molecule has 18 heavy (non-hydrogen) atoms. The van der Waals surface area contributed by atoms with Crippen molar-refractivity contribution in [3.05, 3.63) is 0 Å². The van der Waals surface area contributed by atoms with Crippen LogP contribution in [-0.2, 0) is 4.79 Å². The molecule has 0 saturated carbocycles. The first-order valence-corrected chi connectivity index (χ1v) is 5.40. The molecule has 0 radical (unpaired) electrons. The Bertz CT molecular complexity index is 434. The van der Waals surface area contributed by atoms with Crippen molar-refractivity contribution in [1.82, 2.24) is 20.3 Å². The van der Waals surface area contributed by atoms with E-state index in [2.05, 4.69) is 25.6 Å².